The minimum Gasteiger partial charge on any atom is -0.490 e. The molecule has 0 unspecified atom stereocenters. The lowest BCUT2D eigenvalue weighted by Gasteiger charge is -2.31. The molecule has 0 spiro atoms. The van der Waals surface area contributed by atoms with Crippen LogP contribution in [0.3, 0.4) is 0 Å². The molecule has 1 fully saturated rings. The summed E-state index contributed by atoms with van der Waals surface area (Å²) in [4.78, 5) is 14.6. The molecule has 5 nitrogen and oxygen atoms in total. The minimum absolute atomic E-state index is 0.0273. The Balaban J connectivity index is 1.31. The Kier molecular flexibility index (Phi) is 5.63. The van der Waals surface area contributed by atoms with Gasteiger partial charge in [0.25, 0.3) is 5.91 Å². The zero-order valence-corrected chi connectivity index (χ0v) is 16.2. The molecular formula is C22H22ClN3O2. The predicted octanol–water partition coefficient (Wildman–Crippen LogP) is 4.34. The molecule has 0 atom stereocenters. The van der Waals surface area contributed by atoms with E-state index in [0.29, 0.717) is 23.8 Å². The van der Waals surface area contributed by atoms with Crippen molar-refractivity contribution in [2.75, 3.05) is 13.1 Å². The van der Waals surface area contributed by atoms with E-state index in [1.165, 1.54) is 5.56 Å². The van der Waals surface area contributed by atoms with Gasteiger partial charge < -0.3 is 9.64 Å². The predicted molar refractivity (Wildman–Crippen MR) is 109 cm³/mol. The van der Waals surface area contributed by atoms with Crippen molar-refractivity contribution in [3.05, 3.63) is 82.6 Å². The van der Waals surface area contributed by atoms with Gasteiger partial charge in [-0.25, -0.2) is 0 Å². The molecule has 0 radical (unpaired) electrons. The molecule has 0 aliphatic carbocycles. The van der Waals surface area contributed by atoms with Gasteiger partial charge in [0.1, 0.15) is 17.5 Å². The van der Waals surface area contributed by atoms with Crippen LogP contribution in [0.25, 0.3) is 0 Å². The number of halogens is 1. The summed E-state index contributed by atoms with van der Waals surface area (Å²) in [5, 5.41) is 7.90. The van der Waals surface area contributed by atoms with Gasteiger partial charge in [-0.05, 0) is 35.9 Å². The monoisotopic (exact) mass is 395 g/mol. The fraction of sp³-hybridized carbons (Fsp3) is 0.273. The van der Waals surface area contributed by atoms with Crippen molar-refractivity contribution < 1.29 is 9.53 Å². The Morgan fingerprint density at radius 3 is 2.54 bits per heavy atom. The van der Waals surface area contributed by atoms with Crippen molar-refractivity contribution in [1.29, 1.82) is 0 Å². The van der Waals surface area contributed by atoms with E-state index < -0.39 is 0 Å². The van der Waals surface area contributed by atoms with Gasteiger partial charge in [0.05, 0.1) is 0 Å². The van der Waals surface area contributed by atoms with Crippen LogP contribution in [0.1, 0.15) is 34.6 Å². The van der Waals surface area contributed by atoms with Crippen LogP contribution in [-0.2, 0) is 6.42 Å². The zero-order valence-electron chi connectivity index (χ0n) is 15.5. The van der Waals surface area contributed by atoms with Crippen LogP contribution >= 0.6 is 11.6 Å². The summed E-state index contributed by atoms with van der Waals surface area (Å²) in [6, 6.07) is 19.4. The Morgan fingerprint density at radius 1 is 1.11 bits per heavy atom. The van der Waals surface area contributed by atoms with Gasteiger partial charge in [0, 0.05) is 43.1 Å². The summed E-state index contributed by atoms with van der Waals surface area (Å²) in [6.45, 7) is 1.33. The van der Waals surface area contributed by atoms with Crippen LogP contribution < -0.4 is 4.74 Å². The molecule has 1 aliphatic rings. The number of carbonyl (C=O) groups is 1. The van der Waals surface area contributed by atoms with Crippen molar-refractivity contribution in [3.8, 4) is 5.75 Å². The lowest BCUT2D eigenvalue weighted by molar-refractivity contribution is 0.0590. The van der Waals surface area contributed by atoms with Crippen molar-refractivity contribution >= 4 is 17.5 Å². The molecule has 0 saturated carbocycles. The van der Waals surface area contributed by atoms with Crippen LogP contribution in [-0.4, -0.2) is 40.2 Å². The standard InChI is InChI=1S/C22H22ClN3O2/c23-17-6-8-19(9-7-17)28-20-10-12-26(13-11-20)22(27)21-15-18(24-25-21)14-16-4-2-1-3-5-16/h1-9,15,20H,10-14H2,(H,24,25). The molecule has 1 saturated heterocycles. The number of aromatic nitrogens is 2. The minimum atomic E-state index is -0.0273. The van der Waals surface area contributed by atoms with E-state index in [-0.39, 0.29) is 12.0 Å². The Hall–Kier alpha value is -2.79. The van der Waals surface area contributed by atoms with E-state index >= 15 is 0 Å². The Labute approximate surface area is 169 Å². The third-order valence-electron chi connectivity index (χ3n) is 4.93. The fourth-order valence-corrected chi connectivity index (χ4v) is 3.55. The summed E-state index contributed by atoms with van der Waals surface area (Å²) in [7, 11) is 0. The summed E-state index contributed by atoms with van der Waals surface area (Å²) in [6.07, 6.45) is 2.45. The number of rotatable bonds is 5. The quantitative estimate of drug-likeness (QED) is 0.699. The number of ether oxygens (including phenoxy) is 1. The first-order valence-electron chi connectivity index (χ1n) is 9.47. The second-order valence-corrected chi connectivity index (χ2v) is 7.44. The Morgan fingerprint density at radius 2 is 1.82 bits per heavy atom. The topological polar surface area (TPSA) is 58.2 Å². The zero-order chi connectivity index (χ0) is 19.3. The molecule has 28 heavy (non-hydrogen) atoms. The maximum Gasteiger partial charge on any atom is 0.274 e. The largest absolute Gasteiger partial charge is 0.490 e. The van der Waals surface area contributed by atoms with Gasteiger partial charge in [-0.3, -0.25) is 9.89 Å². The number of carbonyl (C=O) groups excluding carboxylic acids is 1. The van der Waals surface area contributed by atoms with E-state index in [4.69, 9.17) is 16.3 Å². The van der Waals surface area contributed by atoms with Crippen LogP contribution in [0.5, 0.6) is 5.75 Å². The van der Waals surface area contributed by atoms with Gasteiger partial charge in [0.15, 0.2) is 0 Å². The smallest absolute Gasteiger partial charge is 0.274 e. The molecule has 1 amide bonds. The van der Waals surface area contributed by atoms with E-state index in [1.807, 2.05) is 53.4 Å². The average Bonchev–Trinajstić information content (AvgIpc) is 3.19. The highest BCUT2D eigenvalue weighted by Crippen LogP contribution is 2.22. The van der Waals surface area contributed by atoms with Gasteiger partial charge in [-0.15, -0.1) is 0 Å². The van der Waals surface area contributed by atoms with E-state index in [1.54, 1.807) is 0 Å². The normalized spacial score (nSPS) is 14.8. The first-order chi connectivity index (χ1) is 13.7. The number of piperidine rings is 1. The summed E-state index contributed by atoms with van der Waals surface area (Å²) in [5.41, 5.74) is 2.60. The van der Waals surface area contributed by atoms with Gasteiger partial charge in [-0.2, -0.15) is 5.10 Å². The second-order valence-electron chi connectivity index (χ2n) is 7.00. The molecule has 3 aromatic rings. The lowest BCUT2D eigenvalue weighted by atomic mass is 10.1. The van der Waals surface area contributed by atoms with Gasteiger partial charge in [0.2, 0.25) is 0 Å². The maximum absolute atomic E-state index is 12.8. The number of amides is 1. The summed E-state index contributed by atoms with van der Waals surface area (Å²) in [5.74, 6) is 0.785. The number of benzene rings is 2. The summed E-state index contributed by atoms with van der Waals surface area (Å²) < 4.78 is 6.00. The van der Waals surface area contributed by atoms with Crippen molar-refractivity contribution in [1.82, 2.24) is 15.1 Å². The Bertz CT molecular complexity index is 916. The van der Waals surface area contributed by atoms with E-state index in [9.17, 15) is 4.79 Å². The third kappa shape index (κ3) is 4.54. The third-order valence-corrected chi connectivity index (χ3v) is 5.18. The lowest BCUT2D eigenvalue weighted by Crippen LogP contribution is -2.41. The number of nitrogens with one attached hydrogen (secondary N) is 1. The van der Waals surface area contributed by atoms with Crippen LogP contribution in [0.2, 0.25) is 5.02 Å². The van der Waals surface area contributed by atoms with Crippen LogP contribution in [0.4, 0.5) is 0 Å². The highest BCUT2D eigenvalue weighted by Gasteiger charge is 2.26. The molecule has 2 aromatic carbocycles. The number of H-pyrrole nitrogens is 1. The number of nitrogens with zero attached hydrogens (tertiary/aromatic N) is 2. The first kappa shape index (κ1) is 18.6. The van der Waals surface area contributed by atoms with Gasteiger partial charge >= 0.3 is 0 Å². The van der Waals surface area contributed by atoms with Crippen molar-refractivity contribution in [3.63, 3.8) is 0 Å². The highest BCUT2D eigenvalue weighted by molar-refractivity contribution is 6.30. The molecule has 4 rings (SSSR count). The van der Waals surface area contributed by atoms with Crippen LogP contribution in [0.15, 0.2) is 60.7 Å². The highest BCUT2D eigenvalue weighted by atomic mass is 35.5. The van der Waals surface area contributed by atoms with Crippen molar-refractivity contribution in [2.24, 2.45) is 0 Å². The number of likely N-dealkylation sites (tertiary alicyclic amines) is 1. The molecular weight excluding hydrogens is 374 g/mol. The van der Waals surface area contributed by atoms with Crippen LogP contribution in [0, 0.1) is 0 Å². The average molecular weight is 396 g/mol. The molecule has 6 heteroatoms. The molecule has 2 heterocycles. The fourth-order valence-electron chi connectivity index (χ4n) is 3.42. The maximum atomic E-state index is 12.8. The second kappa shape index (κ2) is 8.48. The van der Waals surface area contributed by atoms with E-state index in [0.717, 1.165) is 30.7 Å². The van der Waals surface area contributed by atoms with Gasteiger partial charge in [-0.1, -0.05) is 41.9 Å². The van der Waals surface area contributed by atoms with E-state index in [2.05, 4.69) is 22.3 Å². The molecule has 1 N–H and O–H groups in total. The number of aromatic amines is 1. The first-order valence-corrected chi connectivity index (χ1v) is 9.85. The van der Waals surface area contributed by atoms with Crippen molar-refractivity contribution in [2.45, 2.75) is 25.4 Å². The molecule has 1 aromatic heterocycles. The number of hydrogen-bond acceptors (Lipinski definition) is 3. The SMILES string of the molecule is O=C(c1cc(Cc2ccccc2)[nH]n1)N1CCC(Oc2ccc(Cl)cc2)CC1. The molecule has 144 valence electrons. The molecule has 1 aliphatic heterocycles. The summed E-state index contributed by atoms with van der Waals surface area (Å²) >= 11 is 5.91. The molecule has 0 bridgehead atoms. The number of hydrogen-bond donors (Lipinski definition) is 1.